The summed E-state index contributed by atoms with van der Waals surface area (Å²) in [6, 6.07) is 1.70. The van der Waals surface area contributed by atoms with Gasteiger partial charge in [0.25, 0.3) is 0 Å². The van der Waals surface area contributed by atoms with Crippen LogP contribution in [0.4, 0.5) is 0 Å². The van der Waals surface area contributed by atoms with E-state index in [4.69, 9.17) is 35.9 Å². The van der Waals surface area contributed by atoms with E-state index in [1.807, 2.05) is 20.8 Å². The number of rotatable bonds is 3. The molecule has 3 fully saturated rings. The molecule has 3 aliphatic carbocycles. The maximum absolute atomic E-state index is 9.71. The van der Waals surface area contributed by atoms with Gasteiger partial charge in [-0.15, -0.1) is 0 Å². The molecule has 3 aliphatic rings. The predicted molar refractivity (Wildman–Crippen MR) is 178 cm³/mol. The number of thiocarbonyl (C=S) groups is 2. The number of hydrogen-bond acceptors (Lipinski definition) is 4. The van der Waals surface area contributed by atoms with Crippen LogP contribution in [0.1, 0.15) is 138 Å². The zero-order valence-electron chi connectivity index (χ0n) is 25.9. The number of amides is 1. The third-order valence-electron chi connectivity index (χ3n) is 6.52. The highest BCUT2D eigenvalue weighted by Gasteiger charge is 2.17. The van der Waals surface area contributed by atoms with E-state index in [1.54, 1.807) is 0 Å². The van der Waals surface area contributed by atoms with Gasteiger partial charge in [-0.05, 0) is 105 Å². The molecule has 227 valence electrons. The molecule has 0 aromatic carbocycles. The molecule has 0 aromatic heterocycles. The van der Waals surface area contributed by atoms with Crippen molar-refractivity contribution in [3.8, 4) is 0 Å². The summed E-state index contributed by atoms with van der Waals surface area (Å²) in [6.45, 7) is 12.2. The van der Waals surface area contributed by atoms with Gasteiger partial charge in [0.1, 0.15) is 0 Å². The topological polar surface area (TPSA) is 117 Å². The molecule has 0 bridgehead atoms. The largest absolute Gasteiger partial charge is 0.376 e. The van der Waals surface area contributed by atoms with Crippen molar-refractivity contribution >= 4 is 49.5 Å². The number of nitrogens with two attached hydrogens (primary N) is 2. The second-order valence-corrected chi connectivity index (χ2v) is 13.8. The van der Waals surface area contributed by atoms with Gasteiger partial charge in [0.15, 0.2) is 10.2 Å². The van der Waals surface area contributed by atoms with E-state index in [-0.39, 0.29) is 19.5 Å². The fourth-order valence-corrected chi connectivity index (χ4v) is 5.21. The zero-order chi connectivity index (χ0) is 29.0. The van der Waals surface area contributed by atoms with Crippen LogP contribution in [0.2, 0.25) is 0 Å². The van der Waals surface area contributed by atoms with Crippen LogP contribution in [0.25, 0.3) is 0 Å². The third-order valence-corrected chi connectivity index (χ3v) is 6.86. The van der Waals surface area contributed by atoms with Crippen molar-refractivity contribution in [1.82, 2.24) is 21.3 Å². The molecular weight excluding hydrogens is 523 g/mol. The van der Waals surface area contributed by atoms with E-state index in [2.05, 4.69) is 42.0 Å². The van der Waals surface area contributed by atoms with E-state index < -0.39 is 0 Å². The van der Waals surface area contributed by atoms with Crippen molar-refractivity contribution < 1.29 is 4.79 Å². The summed E-state index contributed by atoms with van der Waals surface area (Å²) in [4.78, 5) is 9.71. The van der Waals surface area contributed by atoms with Crippen LogP contribution in [0, 0.1) is 0 Å². The van der Waals surface area contributed by atoms with E-state index in [1.165, 1.54) is 96.3 Å². The second-order valence-electron chi connectivity index (χ2n) is 12.9. The van der Waals surface area contributed by atoms with Crippen LogP contribution < -0.4 is 32.7 Å². The maximum Gasteiger partial charge on any atom is 0.207 e. The normalized spacial score (nSPS) is 18.5. The van der Waals surface area contributed by atoms with Gasteiger partial charge in [0.05, 0.1) is 0 Å². The summed E-state index contributed by atoms with van der Waals surface area (Å²) in [5.74, 6) is 0. The molecule has 3 saturated carbocycles. The van der Waals surface area contributed by atoms with Gasteiger partial charge in [0.2, 0.25) is 6.41 Å². The monoisotopic (exact) mass is 583 g/mol. The van der Waals surface area contributed by atoms with Gasteiger partial charge in [-0.2, -0.15) is 0 Å². The lowest BCUT2D eigenvalue weighted by Crippen LogP contribution is -2.49. The van der Waals surface area contributed by atoms with E-state index in [9.17, 15) is 4.79 Å². The lowest BCUT2D eigenvalue weighted by molar-refractivity contribution is -0.110. The molecule has 3 rings (SSSR count). The van der Waals surface area contributed by atoms with Gasteiger partial charge in [-0.3, -0.25) is 4.79 Å². The van der Waals surface area contributed by atoms with Crippen molar-refractivity contribution in [1.29, 1.82) is 0 Å². The first kappa shape index (κ1) is 40.0. The van der Waals surface area contributed by atoms with E-state index >= 15 is 0 Å². The Morgan fingerprint density at radius 3 is 1.33 bits per heavy atom. The van der Waals surface area contributed by atoms with Crippen molar-refractivity contribution in [2.24, 2.45) is 11.5 Å². The molecule has 1 amide bonds. The van der Waals surface area contributed by atoms with Crippen LogP contribution >= 0.6 is 24.4 Å². The van der Waals surface area contributed by atoms with Gasteiger partial charge in [0, 0.05) is 37.6 Å². The Morgan fingerprint density at radius 1 is 0.692 bits per heavy atom. The Bertz CT molecular complexity index is 637. The first-order valence-electron chi connectivity index (χ1n) is 14.8. The second kappa shape index (κ2) is 22.6. The van der Waals surface area contributed by atoms with Crippen molar-refractivity contribution in [3.63, 3.8) is 0 Å². The van der Waals surface area contributed by atoms with Crippen LogP contribution in [-0.2, 0) is 4.79 Å². The first-order chi connectivity index (χ1) is 17.7. The molecule has 0 spiro atoms. The average molecular weight is 584 g/mol. The molecule has 10 heteroatoms. The lowest BCUT2D eigenvalue weighted by Gasteiger charge is -2.28. The molecule has 0 aromatic rings. The number of carbonyl (C=O) groups is 1. The van der Waals surface area contributed by atoms with Gasteiger partial charge in [-0.25, -0.2) is 0 Å². The third kappa shape index (κ3) is 28.2. The highest BCUT2D eigenvalue weighted by atomic mass is 32.1. The average Bonchev–Trinajstić information content (AvgIpc) is 2.80. The summed E-state index contributed by atoms with van der Waals surface area (Å²) in [6.07, 6.45) is 20.5. The molecule has 8 N–H and O–H groups in total. The van der Waals surface area contributed by atoms with Crippen LogP contribution in [-0.4, -0.2) is 54.3 Å². The SMILES string of the molecule is CC(C)(C)NC(=S)NC1CCCCC1.CC(C)(C)NC=O.NC(=S)NC1CCCCC1.NC1CCCCC1.[B]. The maximum atomic E-state index is 9.71. The fraction of sp³-hybridized carbons (Fsp3) is 0.897. The van der Waals surface area contributed by atoms with Gasteiger partial charge >= 0.3 is 0 Å². The Labute approximate surface area is 253 Å². The minimum absolute atomic E-state index is 0. The minimum atomic E-state index is -0.0677. The molecular formula is C29H60BN6OS2. The summed E-state index contributed by atoms with van der Waals surface area (Å²) in [5.41, 5.74) is 11.0. The molecule has 0 aliphatic heterocycles. The van der Waals surface area contributed by atoms with E-state index in [0.29, 0.717) is 29.6 Å². The van der Waals surface area contributed by atoms with Crippen molar-refractivity contribution in [3.05, 3.63) is 0 Å². The molecule has 0 saturated heterocycles. The Morgan fingerprint density at radius 2 is 1.08 bits per heavy atom. The van der Waals surface area contributed by atoms with Gasteiger partial charge < -0.3 is 32.7 Å². The van der Waals surface area contributed by atoms with E-state index in [0.717, 1.165) is 5.11 Å². The van der Waals surface area contributed by atoms with Gasteiger partial charge in [-0.1, -0.05) is 57.8 Å². The minimum Gasteiger partial charge on any atom is -0.376 e. The predicted octanol–water partition coefficient (Wildman–Crippen LogP) is 5.16. The number of hydrogen-bond donors (Lipinski definition) is 6. The lowest BCUT2D eigenvalue weighted by atomic mass is 9.96. The summed E-state index contributed by atoms with van der Waals surface area (Å²) >= 11 is 10.0. The smallest absolute Gasteiger partial charge is 0.207 e. The fourth-order valence-electron chi connectivity index (χ4n) is 4.57. The highest BCUT2D eigenvalue weighted by Crippen LogP contribution is 2.18. The quantitative estimate of drug-likeness (QED) is 0.153. The Balaban J connectivity index is 0. The van der Waals surface area contributed by atoms with Crippen LogP contribution in [0.5, 0.6) is 0 Å². The molecule has 0 heterocycles. The number of carbonyl (C=O) groups excluding carboxylic acids is 1. The molecule has 7 nitrogen and oxygen atoms in total. The Kier molecular flexibility index (Phi) is 23.1. The zero-order valence-corrected chi connectivity index (χ0v) is 27.5. The summed E-state index contributed by atoms with van der Waals surface area (Å²) < 4.78 is 0. The van der Waals surface area contributed by atoms with Crippen LogP contribution in [0.15, 0.2) is 0 Å². The molecule has 0 unspecified atom stereocenters. The molecule has 3 radical (unpaired) electrons. The molecule has 39 heavy (non-hydrogen) atoms. The first-order valence-corrected chi connectivity index (χ1v) is 15.6. The van der Waals surface area contributed by atoms with Crippen molar-refractivity contribution in [2.75, 3.05) is 0 Å². The molecule has 0 atom stereocenters. The number of nitrogens with one attached hydrogen (secondary N) is 4. The summed E-state index contributed by atoms with van der Waals surface area (Å²) in [7, 11) is 0. The Hall–Kier alpha value is -1.13. The van der Waals surface area contributed by atoms with Crippen molar-refractivity contribution in [2.45, 2.75) is 167 Å². The summed E-state index contributed by atoms with van der Waals surface area (Å²) in [5, 5.41) is 13.6. The standard InChI is InChI=1S/C11H22N2S.C7H14N2S.C6H13N.C5H11NO.B/c1-11(2,3)13-10(14)12-9-7-5-4-6-8-9;8-7(10)9-6-4-2-1-3-5-6;7-6-4-2-1-3-5-6;1-5(2,3)6-4-7;/h9H,4-8H2,1-3H3,(H2,12,13,14);6H,1-5H2,(H3,8,9,10);6H,1-5,7H2;4H,1-3H3,(H,6,7);. The highest BCUT2D eigenvalue weighted by molar-refractivity contribution is 7.80. The van der Waals surface area contributed by atoms with Crippen LogP contribution in [0.3, 0.4) is 0 Å².